The summed E-state index contributed by atoms with van der Waals surface area (Å²) in [6.45, 7) is 7.65. The van der Waals surface area contributed by atoms with E-state index in [4.69, 9.17) is 14.2 Å². The van der Waals surface area contributed by atoms with Crippen molar-refractivity contribution in [1.29, 1.82) is 0 Å². The van der Waals surface area contributed by atoms with Crippen molar-refractivity contribution in [1.82, 2.24) is 0 Å². The van der Waals surface area contributed by atoms with Gasteiger partial charge in [0, 0.05) is 19.4 Å². The number of ether oxygens (including phenoxy) is 3. The molecule has 0 spiro atoms. The molecule has 5 heteroatoms. The van der Waals surface area contributed by atoms with E-state index >= 15 is 0 Å². The molecule has 0 aliphatic carbocycles. The molecule has 0 aromatic rings. The maximum absolute atomic E-state index is 12.8. The van der Waals surface area contributed by atoms with Crippen LogP contribution in [-0.2, 0) is 23.8 Å². The Hall–Kier alpha value is -2.92. The van der Waals surface area contributed by atoms with E-state index in [1.165, 1.54) is 148 Å². The second-order valence-electron chi connectivity index (χ2n) is 18.5. The van der Waals surface area contributed by atoms with Crippen LogP contribution in [0.15, 0.2) is 85.1 Å². The molecular weight excluding hydrogens is 813 g/mol. The second-order valence-corrected chi connectivity index (χ2v) is 18.5. The lowest BCUT2D eigenvalue weighted by Gasteiger charge is -2.18. The average molecular weight is 920 g/mol. The SMILES string of the molecule is CC/C=C\C/C=C\C/C=C\C/C=C\C/C=C\C/C=C\CCC(=O)OC[C@@H](COCCCCCCCCCCCCCCCCCC)OC(=O)CCCCCCC/C=C\CCCCCCCC. The van der Waals surface area contributed by atoms with Crippen LogP contribution in [0.3, 0.4) is 0 Å². The van der Waals surface area contributed by atoms with Crippen molar-refractivity contribution in [2.24, 2.45) is 0 Å². The van der Waals surface area contributed by atoms with Gasteiger partial charge in [0.25, 0.3) is 0 Å². The predicted octanol–water partition coefficient (Wildman–Crippen LogP) is 19.2. The number of esters is 2. The lowest BCUT2D eigenvalue weighted by molar-refractivity contribution is -0.162. The number of carbonyl (C=O) groups is 2. The molecule has 0 rings (SSSR count). The smallest absolute Gasteiger partial charge is 0.306 e. The Labute approximate surface area is 409 Å². The van der Waals surface area contributed by atoms with Gasteiger partial charge in [-0.3, -0.25) is 9.59 Å². The summed E-state index contributed by atoms with van der Waals surface area (Å²) in [5, 5.41) is 0. The summed E-state index contributed by atoms with van der Waals surface area (Å²) in [6.07, 6.45) is 74.7. The molecule has 0 radical (unpaired) electrons. The maximum Gasteiger partial charge on any atom is 0.306 e. The van der Waals surface area contributed by atoms with Crippen LogP contribution in [0.2, 0.25) is 0 Å². The first-order valence-corrected chi connectivity index (χ1v) is 28.1. The van der Waals surface area contributed by atoms with Crippen molar-refractivity contribution in [2.45, 2.75) is 271 Å². The van der Waals surface area contributed by atoms with Crippen molar-refractivity contribution in [2.75, 3.05) is 19.8 Å². The van der Waals surface area contributed by atoms with Gasteiger partial charge in [0.15, 0.2) is 6.10 Å². The van der Waals surface area contributed by atoms with Crippen molar-refractivity contribution < 1.29 is 23.8 Å². The van der Waals surface area contributed by atoms with E-state index in [1.54, 1.807) is 0 Å². The first-order chi connectivity index (χ1) is 32.6. The summed E-state index contributed by atoms with van der Waals surface area (Å²) in [7, 11) is 0. The van der Waals surface area contributed by atoms with Crippen molar-refractivity contribution in [3.63, 3.8) is 0 Å². The molecule has 0 unspecified atom stereocenters. The Morgan fingerprint density at radius 1 is 0.348 bits per heavy atom. The first kappa shape index (κ1) is 63.1. The van der Waals surface area contributed by atoms with Gasteiger partial charge < -0.3 is 14.2 Å². The number of allylic oxidation sites excluding steroid dienone is 14. The molecule has 0 aromatic heterocycles. The molecule has 0 aliphatic rings. The zero-order valence-corrected chi connectivity index (χ0v) is 43.7. The Morgan fingerprint density at radius 2 is 0.712 bits per heavy atom. The lowest BCUT2D eigenvalue weighted by Crippen LogP contribution is -2.30. The van der Waals surface area contributed by atoms with Crippen molar-refractivity contribution >= 4 is 11.9 Å². The zero-order valence-electron chi connectivity index (χ0n) is 43.7. The molecule has 0 fully saturated rings. The summed E-state index contributed by atoms with van der Waals surface area (Å²) < 4.78 is 17.4. The largest absolute Gasteiger partial charge is 0.462 e. The molecule has 0 saturated heterocycles. The van der Waals surface area contributed by atoms with E-state index in [0.717, 1.165) is 77.0 Å². The maximum atomic E-state index is 12.8. The molecule has 380 valence electrons. The lowest BCUT2D eigenvalue weighted by atomic mass is 10.0. The molecule has 66 heavy (non-hydrogen) atoms. The highest BCUT2D eigenvalue weighted by atomic mass is 16.6. The van der Waals surface area contributed by atoms with Gasteiger partial charge in [0.2, 0.25) is 0 Å². The second kappa shape index (κ2) is 56.4. The molecule has 0 heterocycles. The Bertz CT molecular complexity index is 1220. The standard InChI is InChI=1S/C61H106O5/c1-4-7-10-13-16-19-22-25-28-30-31-32-34-36-39-42-45-48-51-54-60(62)65-58-59(57-64-56-53-50-47-44-41-38-35-29-26-23-20-17-14-11-8-5-2)66-61(63)55-52-49-46-43-40-37-33-27-24-21-18-15-12-9-6-3/h7,10,16,19,25,27-28,31-33,36,39,45,48,59H,4-6,8-9,11-15,17-18,20-24,26,29-30,34-35,37-38,40-44,46-47,49-58H2,1-3H3/b10-7-,19-16-,28-25-,32-31-,33-27-,39-36-,48-45-/t59-/m1/s1. The molecule has 0 N–H and O–H groups in total. The Kier molecular flexibility index (Phi) is 53.9. The molecule has 0 saturated carbocycles. The van der Waals surface area contributed by atoms with E-state index in [1.807, 2.05) is 6.08 Å². The Balaban J connectivity index is 4.39. The van der Waals surface area contributed by atoms with Crippen LogP contribution >= 0.6 is 0 Å². The van der Waals surface area contributed by atoms with E-state index in [9.17, 15) is 9.59 Å². The monoisotopic (exact) mass is 919 g/mol. The third-order valence-corrected chi connectivity index (χ3v) is 11.9. The highest BCUT2D eigenvalue weighted by Gasteiger charge is 2.17. The Morgan fingerprint density at radius 3 is 1.15 bits per heavy atom. The summed E-state index contributed by atoms with van der Waals surface area (Å²) in [5.41, 5.74) is 0. The minimum Gasteiger partial charge on any atom is -0.462 e. The van der Waals surface area contributed by atoms with Crippen LogP contribution in [0.5, 0.6) is 0 Å². The fourth-order valence-corrected chi connectivity index (χ4v) is 7.77. The van der Waals surface area contributed by atoms with Crippen molar-refractivity contribution in [3.05, 3.63) is 85.1 Å². The van der Waals surface area contributed by atoms with Crippen LogP contribution in [0.1, 0.15) is 265 Å². The molecule has 0 aliphatic heterocycles. The minimum atomic E-state index is -0.573. The van der Waals surface area contributed by atoms with Crippen LogP contribution in [-0.4, -0.2) is 37.9 Å². The number of rotatable bonds is 51. The molecule has 0 amide bonds. The van der Waals surface area contributed by atoms with Gasteiger partial charge in [-0.15, -0.1) is 0 Å². The highest BCUT2D eigenvalue weighted by Crippen LogP contribution is 2.15. The normalized spacial score (nSPS) is 12.8. The zero-order chi connectivity index (χ0) is 47.7. The van der Waals surface area contributed by atoms with Gasteiger partial charge in [0.1, 0.15) is 6.61 Å². The van der Waals surface area contributed by atoms with Crippen LogP contribution < -0.4 is 0 Å². The number of hydrogen-bond donors (Lipinski definition) is 0. The predicted molar refractivity (Wildman–Crippen MR) is 288 cm³/mol. The van der Waals surface area contributed by atoms with E-state index in [2.05, 4.69) is 99.8 Å². The fourth-order valence-electron chi connectivity index (χ4n) is 7.77. The minimum absolute atomic E-state index is 0.0413. The summed E-state index contributed by atoms with van der Waals surface area (Å²) in [5.74, 6) is -0.497. The van der Waals surface area contributed by atoms with Gasteiger partial charge in [-0.1, -0.05) is 254 Å². The molecule has 5 nitrogen and oxygen atoms in total. The topological polar surface area (TPSA) is 61.8 Å². The third-order valence-electron chi connectivity index (χ3n) is 11.9. The van der Waals surface area contributed by atoms with E-state index < -0.39 is 6.10 Å². The molecule has 0 bridgehead atoms. The van der Waals surface area contributed by atoms with Gasteiger partial charge >= 0.3 is 11.9 Å². The molecular formula is C61H106O5. The number of unbranched alkanes of at least 4 members (excludes halogenated alkanes) is 26. The van der Waals surface area contributed by atoms with Crippen molar-refractivity contribution in [3.8, 4) is 0 Å². The van der Waals surface area contributed by atoms with Gasteiger partial charge in [-0.2, -0.15) is 0 Å². The van der Waals surface area contributed by atoms with Gasteiger partial charge in [-0.05, 0) is 83.5 Å². The molecule has 1 atom stereocenters. The molecule has 0 aromatic carbocycles. The van der Waals surface area contributed by atoms with Gasteiger partial charge in [-0.25, -0.2) is 0 Å². The quantitative estimate of drug-likeness (QED) is 0.0346. The third kappa shape index (κ3) is 53.7. The van der Waals surface area contributed by atoms with Gasteiger partial charge in [0.05, 0.1) is 6.61 Å². The summed E-state index contributed by atoms with van der Waals surface area (Å²) in [6, 6.07) is 0. The fraction of sp³-hybridized carbons (Fsp3) is 0.738. The highest BCUT2D eigenvalue weighted by molar-refractivity contribution is 5.70. The first-order valence-electron chi connectivity index (χ1n) is 28.1. The van der Waals surface area contributed by atoms with Crippen LogP contribution in [0.4, 0.5) is 0 Å². The summed E-state index contributed by atoms with van der Waals surface area (Å²) >= 11 is 0. The average Bonchev–Trinajstić information content (AvgIpc) is 3.32. The van der Waals surface area contributed by atoms with E-state index in [0.29, 0.717) is 25.9 Å². The summed E-state index contributed by atoms with van der Waals surface area (Å²) in [4.78, 5) is 25.4. The van der Waals surface area contributed by atoms with E-state index in [-0.39, 0.29) is 25.2 Å². The van der Waals surface area contributed by atoms with Crippen LogP contribution in [0, 0.1) is 0 Å². The van der Waals surface area contributed by atoms with Crippen LogP contribution in [0.25, 0.3) is 0 Å². The number of hydrogen-bond acceptors (Lipinski definition) is 5. The number of carbonyl (C=O) groups excluding carboxylic acids is 2.